The van der Waals surface area contributed by atoms with Crippen molar-refractivity contribution >= 4 is 21.8 Å². The number of hydrogen-bond donors (Lipinski definition) is 0. The Labute approximate surface area is 107 Å². The summed E-state index contributed by atoms with van der Waals surface area (Å²) in [4.78, 5) is 16.3. The number of amides is 1. The van der Waals surface area contributed by atoms with Crippen LogP contribution in [0.1, 0.15) is 32.1 Å². The average Bonchev–Trinajstić information content (AvgIpc) is 2.65. The Balaban J connectivity index is 2.35. The zero-order valence-corrected chi connectivity index (χ0v) is 12.0. The molecule has 16 heavy (non-hydrogen) atoms. The normalized spacial score (nSPS) is 20.8. The Kier molecular flexibility index (Phi) is 6.36. The molecular weight excluding hydrogens is 268 g/mol. The lowest BCUT2D eigenvalue weighted by atomic mass is 10.2. The van der Waals surface area contributed by atoms with Crippen LogP contribution in [0.15, 0.2) is 0 Å². The van der Waals surface area contributed by atoms with E-state index in [0.29, 0.717) is 11.9 Å². The number of halogens is 1. The predicted octanol–water partition coefficient (Wildman–Crippen LogP) is 2.10. The summed E-state index contributed by atoms with van der Waals surface area (Å²) in [6.07, 6.45) is 5.16. The minimum absolute atomic E-state index is 0.352. The number of carbonyl (C=O) groups is 1. The molecule has 0 aliphatic carbocycles. The molecule has 3 nitrogen and oxygen atoms in total. The first-order chi connectivity index (χ1) is 7.65. The van der Waals surface area contributed by atoms with Crippen LogP contribution in [-0.2, 0) is 4.79 Å². The number of alkyl halides is 1. The molecule has 1 amide bonds. The van der Waals surface area contributed by atoms with Gasteiger partial charge in [0, 0.05) is 30.9 Å². The number of unbranched alkanes of at least 4 members (excludes halogenated alkanes) is 1. The van der Waals surface area contributed by atoms with Crippen LogP contribution in [0.5, 0.6) is 0 Å². The molecule has 0 aromatic heterocycles. The Bertz CT molecular complexity index is 221. The van der Waals surface area contributed by atoms with Gasteiger partial charge in [0.25, 0.3) is 0 Å². The Hall–Kier alpha value is -0.0900. The highest BCUT2D eigenvalue weighted by Gasteiger charge is 2.28. The zero-order valence-electron chi connectivity index (χ0n) is 10.4. The van der Waals surface area contributed by atoms with E-state index in [0.717, 1.165) is 37.7 Å². The second-order valence-electron chi connectivity index (χ2n) is 4.79. The third-order valence-electron chi connectivity index (χ3n) is 3.05. The van der Waals surface area contributed by atoms with Gasteiger partial charge in [-0.05, 0) is 39.8 Å². The van der Waals surface area contributed by atoms with Gasteiger partial charge in [-0.1, -0.05) is 15.9 Å². The molecule has 1 heterocycles. The summed E-state index contributed by atoms with van der Waals surface area (Å²) >= 11 is 3.40. The number of rotatable bonds is 6. The van der Waals surface area contributed by atoms with Crippen molar-refractivity contribution in [2.24, 2.45) is 0 Å². The molecule has 4 heteroatoms. The number of carbonyl (C=O) groups excluding carboxylic acids is 1. The summed E-state index contributed by atoms with van der Waals surface area (Å²) in [6, 6.07) is 0.450. The molecule has 0 saturated carbocycles. The summed E-state index contributed by atoms with van der Waals surface area (Å²) in [5.41, 5.74) is 0. The lowest BCUT2D eigenvalue weighted by Gasteiger charge is -2.27. The van der Waals surface area contributed by atoms with E-state index in [1.165, 1.54) is 12.8 Å². The molecule has 0 N–H and O–H groups in total. The topological polar surface area (TPSA) is 23.6 Å². The van der Waals surface area contributed by atoms with Gasteiger partial charge in [-0.15, -0.1) is 0 Å². The van der Waals surface area contributed by atoms with E-state index in [9.17, 15) is 4.79 Å². The van der Waals surface area contributed by atoms with E-state index >= 15 is 0 Å². The summed E-state index contributed by atoms with van der Waals surface area (Å²) < 4.78 is 0. The van der Waals surface area contributed by atoms with Gasteiger partial charge in [0.05, 0.1) is 0 Å². The quantitative estimate of drug-likeness (QED) is 0.553. The largest absolute Gasteiger partial charge is 0.338 e. The van der Waals surface area contributed by atoms with Crippen LogP contribution in [0.25, 0.3) is 0 Å². The van der Waals surface area contributed by atoms with Crippen molar-refractivity contribution in [1.82, 2.24) is 9.80 Å². The maximum absolute atomic E-state index is 12.0. The highest BCUT2D eigenvalue weighted by molar-refractivity contribution is 9.09. The number of likely N-dealkylation sites (N-methyl/N-ethyl adjacent to an activating group) is 1. The molecule has 0 aromatic carbocycles. The van der Waals surface area contributed by atoms with Crippen molar-refractivity contribution in [3.05, 3.63) is 0 Å². The summed E-state index contributed by atoms with van der Waals surface area (Å²) in [5.74, 6) is 0.352. The molecule has 1 aliphatic heterocycles. The van der Waals surface area contributed by atoms with Crippen LogP contribution in [0.2, 0.25) is 0 Å². The molecule has 1 aliphatic rings. The van der Waals surface area contributed by atoms with Crippen LogP contribution >= 0.6 is 15.9 Å². The fourth-order valence-corrected chi connectivity index (χ4v) is 2.69. The summed E-state index contributed by atoms with van der Waals surface area (Å²) in [5, 5.41) is 1.00. The first kappa shape index (κ1) is 14.0. The first-order valence-electron chi connectivity index (χ1n) is 6.15. The molecule has 0 radical (unpaired) electrons. The Morgan fingerprint density at radius 1 is 1.44 bits per heavy atom. The van der Waals surface area contributed by atoms with Crippen molar-refractivity contribution in [2.45, 2.75) is 38.1 Å². The zero-order chi connectivity index (χ0) is 12.0. The fourth-order valence-electron chi connectivity index (χ4n) is 2.29. The van der Waals surface area contributed by atoms with Gasteiger partial charge in [0.1, 0.15) is 0 Å². The molecule has 1 atom stereocenters. The standard InChI is InChI=1S/C12H23BrN2O/c1-14(2)10-11-6-5-9-15(11)12(16)7-3-4-8-13/h11H,3-10H2,1-2H3. The van der Waals surface area contributed by atoms with Crippen molar-refractivity contribution in [2.75, 3.05) is 32.5 Å². The molecule has 1 saturated heterocycles. The molecule has 94 valence electrons. The van der Waals surface area contributed by atoms with Crippen LogP contribution < -0.4 is 0 Å². The van der Waals surface area contributed by atoms with E-state index in [4.69, 9.17) is 0 Å². The lowest BCUT2D eigenvalue weighted by Crippen LogP contribution is -2.41. The number of hydrogen-bond acceptors (Lipinski definition) is 2. The third kappa shape index (κ3) is 4.42. The van der Waals surface area contributed by atoms with Gasteiger partial charge in [-0.3, -0.25) is 4.79 Å². The monoisotopic (exact) mass is 290 g/mol. The minimum Gasteiger partial charge on any atom is -0.338 e. The first-order valence-corrected chi connectivity index (χ1v) is 7.27. The molecule has 0 spiro atoms. The van der Waals surface area contributed by atoms with Crippen molar-refractivity contribution in [3.8, 4) is 0 Å². The second-order valence-corrected chi connectivity index (χ2v) is 5.58. The number of likely N-dealkylation sites (tertiary alicyclic amines) is 1. The molecule has 1 fully saturated rings. The van der Waals surface area contributed by atoms with Crippen molar-refractivity contribution < 1.29 is 4.79 Å². The SMILES string of the molecule is CN(C)CC1CCCN1C(=O)CCCCBr. The van der Waals surface area contributed by atoms with E-state index in [2.05, 4.69) is 39.8 Å². The summed E-state index contributed by atoms with van der Waals surface area (Å²) in [7, 11) is 4.15. The third-order valence-corrected chi connectivity index (χ3v) is 3.61. The molecule has 1 rings (SSSR count). The van der Waals surface area contributed by atoms with E-state index in [-0.39, 0.29) is 0 Å². The predicted molar refractivity (Wildman–Crippen MR) is 70.9 cm³/mol. The fraction of sp³-hybridized carbons (Fsp3) is 0.917. The smallest absolute Gasteiger partial charge is 0.222 e. The maximum atomic E-state index is 12.0. The molecule has 1 unspecified atom stereocenters. The van der Waals surface area contributed by atoms with Gasteiger partial charge in [-0.25, -0.2) is 0 Å². The van der Waals surface area contributed by atoms with Crippen molar-refractivity contribution in [3.63, 3.8) is 0 Å². The van der Waals surface area contributed by atoms with Crippen LogP contribution in [-0.4, -0.2) is 54.3 Å². The van der Waals surface area contributed by atoms with Gasteiger partial charge in [-0.2, -0.15) is 0 Å². The Morgan fingerprint density at radius 3 is 2.81 bits per heavy atom. The molecule has 0 aromatic rings. The van der Waals surface area contributed by atoms with Crippen LogP contribution in [0.4, 0.5) is 0 Å². The highest BCUT2D eigenvalue weighted by atomic mass is 79.9. The van der Waals surface area contributed by atoms with Gasteiger partial charge >= 0.3 is 0 Å². The van der Waals surface area contributed by atoms with Gasteiger partial charge < -0.3 is 9.80 Å². The van der Waals surface area contributed by atoms with E-state index < -0.39 is 0 Å². The van der Waals surface area contributed by atoms with E-state index in [1.54, 1.807) is 0 Å². The van der Waals surface area contributed by atoms with Crippen LogP contribution in [0, 0.1) is 0 Å². The number of nitrogens with zero attached hydrogens (tertiary/aromatic N) is 2. The maximum Gasteiger partial charge on any atom is 0.222 e. The minimum atomic E-state index is 0.352. The van der Waals surface area contributed by atoms with Gasteiger partial charge in [0.2, 0.25) is 5.91 Å². The lowest BCUT2D eigenvalue weighted by molar-refractivity contribution is -0.132. The van der Waals surface area contributed by atoms with Gasteiger partial charge in [0.15, 0.2) is 0 Å². The van der Waals surface area contributed by atoms with Crippen molar-refractivity contribution in [1.29, 1.82) is 0 Å². The van der Waals surface area contributed by atoms with E-state index in [1.807, 2.05) is 0 Å². The summed E-state index contributed by atoms with van der Waals surface area (Å²) in [6.45, 7) is 1.97. The molecular formula is C12H23BrN2O. The van der Waals surface area contributed by atoms with Crippen LogP contribution in [0.3, 0.4) is 0 Å². The Morgan fingerprint density at radius 2 is 2.19 bits per heavy atom. The molecule has 0 bridgehead atoms. The highest BCUT2D eigenvalue weighted by Crippen LogP contribution is 2.19. The average molecular weight is 291 g/mol. The second kappa shape index (κ2) is 7.28.